The molecule has 5 heteroatoms. The van der Waals surface area contributed by atoms with Gasteiger partial charge in [-0.1, -0.05) is 6.92 Å². The van der Waals surface area contributed by atoms with Crippen LogP contribution in [0, 0.1) is 5.82 Å². The Morgan fingerprint density at radius 2 is 2.00 bits per heavy atom. The zero-order chi connectivity index (χ0) is 14.5. The van der Waals surface area contributed by atoms with E-state index < -0.39 is 5.82 Å². The Labute approximate surface area is 119 Å². The van der Waals surface area contributed by atoms with E-state index in [2.05, 4.69) is 11.9 Å². The van der Waals surface area contributed by atoms with E-state index in [0.717, 1.165) is 32.4 Å². The van der Waals surface area contributed by atoms with Gasteiger partial charge in [-0.3, -0.25) is 0 Å². The molecule has 1 aromatic carbocycles. The third-order valence-electron chi connectivity index (χ3n) is 3.49. The molecular formula is C15H23FN2O2. The fraction of sp³-hybridized carbons (Fsp3) is 0.600. The summed E-state index contributed by atoms with van der Waals surface area (Å²) < 4.78 is 25.0. The number of nitrogens with zero attached hydrogens (tertiary/aromatic N) is 1. The molecule has 2 rings (SSSR count). The average molecular weight is 282 g/mol. The van der Waals surface area contributed by atoms with Gasteiger partial charge in [0.25, 0.3) is 0 Å². The molecule has 1 aliphatic rings. The van der Waals surface area contributed by atoms with Crippen LogP contribution in [0.25, 0.3) is 0 Å². The standard InChI is InChI=1S/C15H23FN2O2/c1-3-8-19-14-10-15(13(17)9-12(14)16)20-11-4-6-18(2)7-5-11/h9-11H,3-8,17H2,1-2H3. The van der Waals surface area contributed by atoms with Gasteiger partial charge in [-0.05, 0) is 26.3 Å². The number of piperidine rings is 1. The van der Waals surface area contributed by atoms with E-state index in [4.69, 9.17) is 15.2 Å². The highest BCUT2D eigenvalue weighted by molar-refractivity contribution is 5.56. The normalized spacial score (nSPS) is 17.1. The zero-order valence-corrected chi connectivity index (χ0v) is 12.2. The quantitative estimate of drug-likeness (QED) is 0.844. The summed E-state index contributed by atoms with van der Waals surface area (Å²) in [7, 11) is 2.10. The Morgan fingerprint density at radius 3 is 2.65 bits per heavy atom. The number of hydrogen-bond donors (Lipinski definition) is 1. The molecule has 1 heterocycles. The van der Waals surface area contributed by atoms with Crippen LogP contribution < -0.4 is 15.2 Å². The number of nitrogen functional groups attached to an aromatic ring is 1. The molecule has 0 bridgehead atoms. The van der Waals surface area contributed by atoms with Gasteiger partial charge in [-0.15, -0.1) is 0 Å². The lowest BCUT2D eigenvalue weighted by Crippen LogP contribution is -2.35. The van der Waals surface area contributed by atoms with E-state index in [1.165, 1.54) is 6.07 Å². The maximum Gasteiger partial charge on any atom is 0.167 e. The van der Waals surface area contributed by atoms with Crippen molar-refractivity contribution in [2.75, 3.05) is 32.5 Å². The number of anilines is 1. The van der Waals surface area contributed by atoms with Crippen LogP contribution in [-0.2, 0) is 0 Å². The Morgan fingerprint density at radius 1 is 1.30 bits per heavy atom. The van der Waals surface area contributed by atoms with Crippen molar-refractivity contribution in [2.24, 2.45) is 0 Å². The third-order valence-corrected chi connectivity index (χ3v) is 3.49. The van der Waals surface area contributed by atoms with Gasteiger partial charge in [0.15, 0.2) is 11.6 Å². The van der Waals surface area contributed by atoms with Gasteiger partial charge in [0.2, 0.25) is 0 Å². The fourth-order valence-electron chi connectivity index (χ4n) is 2.26. The molecule has 0 aromatic heterocycles. The van der Waals surface area contributed by atoms with Gasteiger partial charge in [0.05, 0.1) is 12.3 Å². The first-order valence-corrected chi connectivity index (χ1v) is 7.17. The molecule has 0 amide bonds. The van der Waals surface area contributed by atoms with Crippen molar-refractivity contribution in [3.63, 3.8) is 0 Å². The van der Waals surface area contributed by atoms with Crippen LogP contribution in [-0.4, -0.2) is 37.7 Å². The van der Waals surface area contributed by atoms with E-state index in [1.807, 2.05) is 6.92 Å². The second-order valence-electron chi connectivity index (χ2n) is 5.29. The number of benzene rings is 1. The van der Waals surface area contributed by atoms with Crippen LogP contribution in [0.1, 0.15) is 26.2 Å². The number of hydrogen-bond acceptors (Lipinski definition) is 4. The lowest BCUT2D eigenvalue weighted by Gasteiger charge is -2.29. The molecule has 0 atom stereocenters. The summed E-state index contributed by atoms with van der Waals surface area (Å²) in [5.74, 6) is 0.294. The molecule has 4 nitrogen and oxygen atoms in total. The summed E-state index contributed by atoms with van der Waals surface area (Å²) >= 11 is 0. The SMILES string of the molecule is CCCOc1cc(OC2CCN(C)CC2)c(N)cc1F. The second kappa shape index (κ2) is 6.79. The molecule has 0 radical (unpaired) electrons. The van der Waals surface area contributed by atoms with Crippen LogP contribution in [0.5, 0.6) is 11.5 Å². The van der Waals surface area contributed by atoms with E-state index in [-0.39, 0.29) is 11.9 Å². The first-order valence-electron chi connectivity index (χ1n) is 7.17. The molecule has 2 N–H and O–H groups in total. The minimum atomic E-state index is -0.438. The minimum absolute atomic E-state index is 0.137. The van der Waals surface area contributed by atoms with Gasteiger partial charge in [-0.25, -0.2) is 4.39 Å². The maximum atomic E-state index is 13.7. The Bertz CT molecular complexity index is 446. The summed E-state index contributed by atoms with van der Waals surface area (Å²) in [6.07, 6.45) is 2.88. The second-order valence-corrected chi connectivity index (χ2v) is 5.29. The molecule has 20 heavy (non-hydrogen) atoms. The van der Waals surface area contributed by atoms with Crippen molar-refractivity contribution < 1.29 is 13.9 Å². The molecule has 1 fully saturated rings. The third kappa shape index (κ3) is 3.76. The zero-order valence-electron chi connectivity index (χ0n) is 12.2. The minimum Gasteiger partial charge on any atom is -0.490 e. The summed E-state index contributed by atoms with van der Waals surface area (Å²) in [6.45, 7) is 4.47. The van der Waals surface area contributed by atoms with Gasteiger partial charge in [-0.2, -0.15) is 0 Å². The maximum absolute atomic E-state index is 13.7. The smallest absolute Gasteiger partial charge is 0.167 e. The van der Waals surface area contributed by atoms with Crippen LogP contribution in [0.2, 0.25) is 0 Å². The van der Waals surface area contributed by atoms with Gasteiger partial charge in [0.1, 0.15) is 11.9 Å². The van der Waals surface area contributed by atoms with Crippen molar-refractivity contribution in [2.45, 2.75) is 32.3 Å². The van der Waals surface area contributed by atoms with Crippen molar-refractivity contribution in [3.05, 3.63) is 17.9 Å². The predicted molar refractivity (Wildman–Crippen MR) is 77.7 cm³/mol. The summed E-state index contributed by atoms with van der Waals surface area (Å²) in [5.41, 5.74) is 6.16. The monoisotopic (exact) mass is 282 g/mol. The van der Waals surface area contributed by atoms with Crippen LogP contribution >= 0.6 is 0 Å². The Hall–Kier alpha value is -1.49. The molecule has 112 valence electrons. The van der Waals surface area contributed by atoms with Crippen molar-refractivity contribution in [1.29, 1.82) is 0 Å². The van der Waals surface area contributed by atoms with Crippen molar-refractivity contribution in [1.82, 2.24) is 4.90 Å². The summed E-state index contributed by atoms with van der Waals surface area (Å²) in [4.78, 5) is 2.27. The number of likely N-dealkylation sites (tertiary alicyclic amines) is 1. The molecule has 1 aromatic rings. The molecule has 0 aliphatic carbocycles. The average Bonchev–Trinajstić information content (AvgIpc) is 2.43. The fourth-order valence-corrected chi connectivity index (χ4v) is 2.26. The van der Waals surface area contributed by atoms with E-state index in [9.17, 15) is 4.39 Å². The topological polar surface area (TPSA) is 47.7 Å². The number of ether oxygens (including phenoxy) is 2. The highest BCUT2D eigenvalue weighted by Crippen LogP contribution is 2.32. The van der Waals surface area contributed by atoms with E-state index in [0.29, 0.717) is 18.0 Å². The Balaban J connectivity index is 2.06. The summed E-state index contributed by atoms with van der Waals surface area (Å²) in [6, 6.07) is 2.84. The lowest BCUT2D eigenvalue weighted by atomic mass is 10.1. The number of rotatable bonds is 5. The number of nitrogens with two attached hydrogens (primary N) is 1. The molecule has 0 spiro atoms. The molecule has 0 unspecified atom stereocenters. The highest BCUT2D eigenvalue weighted by atomic mass is 19.1. The van der Waals surface area contributed by atoms with Crippen LogP contribution in [0.4, 0.5) is 10.1 Å². The molecule has 1 aliphatic heterocycles. The van der Waals surface area contributed by atoms with Gasteiger partial charge in [0, 0.05) is 25.2 Å². The van der Waals surface area contributed by atoms with E-state index in [1.54, 1.807) is 6.07 Å². The summed E-state index contributed by atoms with van der Waals surface area (Å²) in [5, 5.41) is 0. The molecule has 0 saturated carbocycles. The highest BCUT2D eigenvalue weighted by Gasteiger charge is 2.20. The van der Waals surface area contributed by atoms with Crippen molar-refractivity contribution >= 4 is 5.69 Å². The van der Waals surface area contributed by atoms with Crippen LogP contribution in [0.15, 0.2) is 12.1 Å². The molecular weight excluding hydrogens is 259 g/mol. The van der Waals surface area contributed by atoms with E-state index >= 15 is 0 Å². The van der Waals surface area contributed by atoms with Crippen molar-refractivity contribution in [3.8, 4) is 11.5 Å². The van der Waals surface area contributed by atoms with Gasteiger partial charge >= 0.3 is 0 Å². The first-order chi connectivity index (χ1) is 9.60. The first kappa shape index (κ1) is 14.9. The Kier molecular flexibility index (Phi) is 5.06. The molecule has 1 saturated heterocycles. The van der Waals surface area contributed by atoms with Crippen LogP contribution in [0.3, 0.4) is 0 Å². The van der Waals surface area contributed by atoms with Gasteiger partial charge < -0.3 is 20.1 Å². The number of halogens is 1. The predicted octanol–water partition coefficient (Wildman–Crippen LogP) is 2.67. The lowest BCUT2D eigenvalue weighted by molar-refractivity contribution is 0.114. The largest absolute Gasteiger partial charge is 0.490 e.